The number of amides is 1. The fraction of sp³-hybridized carbons (Fsp3) is 0.588. The van der Waals surface area contributed by atoms with Crippen molar-refractivity contribution in [3.8, 4) is 11.5 Å². The predicted octanol–water partition coefficient (Wildman–Crippen LogP) is 3.74. The summed E-state index contributed by atoms with van der Waals surface area (Å²) in [4.78, 5) is 11.7. The Hall–Kier alpha value is -1.71. The number of aromatic hydroxyl groups is 1. The third-order valence-electron chi connectivity index (χ3n) is 3.58. The van der Waals surface area contributed by atoms with Crippen LogP contribution in [0.2, 0.25) is 0 Å². The number of rotatable bonds is 9. The Balaban J connectivity index is 2.60. The zero-order chi connectivity index (χ0) is 15.7. The van der Waals surface area contributed by atoms with Crippen molar-refractivity contribution in [3.05, 3.63) is 23.8 Å². The third kappa shape index (κ3) is 5.66. The van der Waals surface area contributed by atoms with Crippen LogP contribution in [0, 0.1) is 5.92 Å². The smallest absolute Gasteiger partial charge is 0.255 e. The summed E-state index contributed by atoms with van der Waals surface area (Å²) in [5, 5.41) is 12.6. The number of carbonyl (C=O) groups excluding carboxylic acids is 1. The molecule has 0 aromatic heterocycles. The summed E-state index contributed by atoms with van der Waals surface area (Å²) >= 11 is 0. The van der Waals surface area contributed by atoms with E-state index in [9.17, 15) is 9.90 Å². The van der Waals surface area contributed by atoms with E-state index in [0.29, 0.717) is 24.8 Å². The van der Waals surface area contributed by atoms with Crippen LogP contribution in [0.5, 0.6) is 11.5 Å². The molecular formula is C17H27NO3. The standard InChI is InChI=1S/C17H27NO3/c1-4-7-8-13(5-2)12-21-14-9-10-15(16(19)11-14)17(20)18-6-3/h9-11,13,19H,4-8,12H2,1-3H3,(H,18,20). The van der Waals surface area contributed by atoms with Gasteiger partial charge >= 0.3 is 0 Å². The van der Waals surface area contributed by atoms with Gasteiger partial charge in [0, 0.05) is 12.6 Å². The minimum atomic E-state index is -0.268. The second-order valence-corrected chi connectivity index (χ2v) is 5.27. The summed E-state index contributed by atoms with van der Waals surface area (Å²) in [6.45, 7) is 7.38. The number of phenolic OH excluding ortho intramolecular Hbond substituents is 1. The van der Waals surface area contributed by atoms with Crippen molar-refractivity contribution in [1.82, 2.24) is 5.32 Å². The molecule has 4 nitrogen and oxygen atoms in total. The molecule has 0 spiro atoms. The Morgan fingerprint density at radius 2 is 2.10 bits per heavy atom. The largest absolute Gasteiger partial charge is 0.507 e. The molecule has 1 amide bonds. The lowest BCUT2D eigenvalue weighted by atomic mass is 10.0. The van der Waals surface area contributed by atoms with Gasteiger partial charge in [-0.1, -0.05) is 33.1 Å². The minimum absolute atomic E-state index is 0.0416. The molecule has 0 fully saturated rings. The molecule has 1 unspecified atom stereocenters. The van der Waals surface area contributed by atoms with Crippen LogP contribution in [0.1, 0.15) is 56.8 Å². The third-order valence-corrected chi connectivity index (χ3v) is 3.58. The second kappa shape index (κ2) is 9.27. The lowest BCUT2D eigenvalue weighted by Gasteiger charge is -2.16. The monoisotopic (exact) mass is 293 g/mol. The number of nitrogens with one attached hydrogen (secondary N) is 1. The maximum atomic E-state index is 11.7. The van der Waals surface area contributed by atoms with Gasteiger partial charge in [-0.25, -0.2) is 0 Å². The Morgan fingerprint density at radius 1 is 1.33 bits per heavy atom. The first-order chi connectivity index (χ1) is 10.1. The maximum Gasteiger partial charge on any atom is 0.255 e. The van der Waals surface area contributed by atoms with Gasteiger partial charge in [-0.05, 0) is 31.4 Å². The Kier molecular flexibility index (Phi) is 7.65. The molecule has 1 rings (SSSR count). The van der Waals surface area contributed by atoms with Gasteiger partial charge in [0.1, 0.15) is 11.5 Å². The van der Waals surface area contributed by atoms with E-state index in [1.807, 2.05) is 6.92 Å². The van der Waals surface area contributed by atoms with Gasteiger partial charge in [0.05, 0.1) is 12.2 Å². The van der Waals surface area contributed by atoms with E-state index in [4.69, 9.17) is 4.74 Å². The molecule has 0 saturated carbocycles. The highest BCUT2D eigenvalue weighted by Gasteiger charge is 2.12. The first-order valence-electron chi connectivity index (χ1n) is 7.86. The summed E-state index contributed by atoms with van der Waals surface area (Å²) in [6.07, 6.45) is 4.65. The Morgan fingerprint density at radius 3 is 2.67 bits per heavy atom. The number of hydrogen-bond donors (Lipinski definition) is 2. The number of benzene rings is 1. The van der Waals surface area contributed by atoms with Crippen LogP contribution in [0.4, 0.5) is 0 Å². The molecule has 1 atom stereocenters. The second-order valence-electron chi connectivity index (χ2n) is 5.27. The highest BCUT2D eigenvalue weighted by molar-refractivity contribution is 5.96. The molecule has 0 aliphatic carbocycles. The van der Waals surface area contributed by atoms with Gasteiger partial charge in [-0.2, -0.15) is 0 Å². The van der Waals surface area contributed by atoms with Gasteiger partial charge in [0.2, 0.25) is 0 Å². The van der Waals surface area contributed by atoms with E-state index >= 15 is 0 Å². The van der Waals surface area contributed by atoms with E-state index in [2.05, 4.69) is 19.2 Å². The van der Waals surface area contributed by atoms with Gasteiger partial charge < -0.3 is 15.2 Å². The van der Waals surface area contributed by atoms with Crippen LogP contribution in [0.15, 0.2) is 18.2 Å². The number of ether oxygens (including phenoxy) is 1. The first-order valence-corrected chi connectivity index (χ1v) is 7.86. The molecule has 118 valence electrons. The zero-order valence-electron chi connectivity index (χ0n) is 13.3. The van der Waals surface area contributed by atoms with Crippen molar-refractivity contribution in [1.29, 1.82) is 0 Å². The molecule has 2 N–H and O–H groups in total. The topological polar surface area (TPSA) is 58.6 Å². The SMILES string of the molecule is CCCCC(CC)COc1ccc(C(=O)NCC)c(O)c1. The van der Waals surface area contributed by atoms with E-state index in [1.165, 1.54) is 18.9 Å². The molecule has 1 aromatic carbocycles. The maximum absolute atomic E-state index is 11.7. The molecule has 0 heterocycles. The van der Waals surface area contributed by atoms with Gasteiger partial charge in [0.25, 0.3) is 5.91 Å². The Bertz CT molecular complexity index is 446. The van der Waals surface area contributed by atoms with E-state index in [1.54, 1.807) is 12.1 Å². The average Bonchev–Trinajstić information content (AvgIpc) is 2.47. The highest BCUT2D eigenvalue weighted by Crippen LogP contribution is 2.24. The first kappa shape index (κ1) is 17.3. The van der Waals surface area contributed by atoms with Crippen LogP contribution in [0.3, 0.4) is 0 Å². The van der Waals surface area contributed by atoms with Crippen molar-refractivity contribution in [3.63, 3.8) is 0 Å². The zero-order valence-corrected chi connectivity index (χ0v) is 13.3. The van der Waals surface area contributed by atoms with Gasteiger partial charge in [-0.3, -0.25) is 4.79 Å². The molecule has 0 aliphatic heterocycles. The molecular weight excluding hydrogens is 266 g/mol. The van der Waals surface area contributed by atoms with Crippen LogP contribution >= 0.6 is 0 Å². The van der Waals surface area contributed by atoms with Crippen LogP contribution in [0.25, 0.3) is 0 Å². The molecule has 0 aliphatic rings. The van der Waals surface area contributed by atoms with E-state index in [-0.39, 0.29) is 17.2 Å². The van der Waals surface area contributed by atoms with Crippen LogP contribution < -0.4 is 10.1 Å². The summed E-state index contributed by atoms with van der Waals surface area (Å²) in [7, 11) is 0. The fourth-order valence-electron chi connectivity index (χ4n) is 2.16. The van der Waals surface area contributed by atoms with E-state index in [0.717, 1.165) is 12.8 Å². The number of phenols is 1. The summed E-state index contributed by atoms with van der Waals surface area (Å²) in [5.41, 5.74) is 0.280. The summed E-state index contributed by atoms with van der Waals surface area (Å²) < 4.78 is 5.74. The highest BCUT2D eigenvalue weighted by atomic mass is 16.5. The molecule has 0 saturated heterocycles. The molecule has 0 bridgehead atoms. The molecule has 4 heteroatoms. The van der Waals surface area contributed by atoms with Crippen molar-refractivity contribution in [2.75, 3.05) is 13.2 Å². The predicted molar refractivity (Wildman–Crippen MR) is 84.9 cm³/mol. The van der Waals surface area contributed by atoms with Crippen molar-refractivity contribution < 1.29 is 14.6 Å². The van der Waals surface area contributed by atoms with E-state index < -0.39 is 0 Å². The van der Waals surface area contributed by atoms with Crippen LogP contribution in [-0.4, -0.2) is 24.2 Å². The normalized spacial score (nSPS) is 12.0. The lowest BCUT2D eigenvalue weighted by Crippen LogP contribution is -2.22. The number of carbonyl (C=O) groups is 1. The van der Waals surface area contributed by atoms with Gasteiger partial charge in [0.15, 0.2) is 0 Å². The number of hydrogen-bond acceptors (Lipinski definition) is 3. The van der Waals surface area contributed by atoms with Crippen molar-refractivity contribution in [2.45, 2.75) is 46.5 Å². The molecule has 0 radical (unpaired) electrons. The van der Waals surface area contributed by atoms with Gasteiger partial charge in [-0.15, -0.1) is 0 Å². The summed E-state index contributed by atoms with van der Waals surface area (Å²) in [5.74, 6) is 0.835. The lowest BCUT2D eigenvalue weighted by molar-refractivity contribution is 0.0953. The van der Waals surface area contributed by atoms with Crippen LogP contribution in [-0.2, 0) is 0 Å². The summed E-state index contributed by atoms with van der Waals surface area (Å²) in [6, 6.07) is 4.84. The van der Waals surface area contributed by atoms with Crippen molar-refractivity contribution >= 4 is 5.91 Å². The Labute approximate surface area is 127 Å². The average molecular weight is 293 g/mol. The number of unbranched alkanes of at least 4 members (excludes halogenated alkanes) is 1. The quantitative estimate of drug-likeness (QED) is 0.729. The molecule has 21 heavy (non-hydrogen) atoms. The fourth-order valence-corrected chi connectivity index (χ4v) is 2.16. The minimum Gasteiger partial charge on any atom is -0.507 e. The van der Waals surface area contributed by atoms with Crippen molar-refractivity contribution in [2.24, 2.45) is 5.92 Å². The molecule has 1 aromatic rings.